The highest BCUT2D eigenvalue weighted by molar-refractivity contribution is 5.94. The number of carboxylic acid groups (broad SMARTS) is 1. The molecule has 230 valence electrons. The van der Waals surface area contributed by atoms with Crippen molar-refractivity contribution in [2.24, 2.45) is 0 Å². The standard InChI is InChI=1S/C30H43FN6O5/c1-20-25(27(42-3)34-19-33-20)30(12-13-30)29(40)36-24(28(38)39)11-16-37(18-23(17-31)41-2)15-5-4-8-22-10-9-21-7-6-14-32-26(21)35-22/h9-10,19,23-24H,4-8,11-18H2,1-3H3,(H,32,35)(H,36,40)(H,38,39). The van der Waals surface area contributed by atoms with Gasteiger partial charge in [-0.2, -0.15) is 0 Å². The molecule has 1 saturated carbocycles. The maximum absolute atomic E-state index is 13.5. The summed E-state index contributed by atoms with van der Waals surface area (Å²) in [4.78, 5) is 40.8. The molecule has 4 rings (SSSR count). The van der Waals surface area contributed by atoms with E-state index >= 15 is 0 Å². The van der Waals surface area contributed by atoms with Crippen LogP contribution in [-0.2, 0) is 32.6 Å². The van der Waals surface area contributed by atoms with E-state index in [2.05, 4.69) is 32.7 Å². The van der Waals surface area contributed by atoms with E-state index in [1.54, 1.807) is 6.92 Å². The van der Waals surface area contributed by atoms with Crippen molar-refractivity contribution in [1.82, 2.24) is 25.2 Å². The number of fused-ring (bicyclic) bond motifs is 1. The second-order valence-electron chi connectivity index (χ2n) is 11.2. The summed E-state index contributed by atoms with van der Waals surface area (Å²) in [5, 5.41) is 16.1. The van der Waals surface area contributed by atoms with Crippen LogP contribution in [0.3, 0.4) is 0 Å². The van der Waals surface area contributed by atoms with Crippen LogP contribution in [0.2, 0.25) is 0 Å². The lowest BCUT2D eigenvalue weighted by atomic mass is 9.93. The molecule has 0 aromatic carbocycles. The zero-order valence-electron chi connectivity index (χ0n) is 24.8. The molecule has 3 heterocycles. The molecule has 1 aliphatic heterocycles. The van der Waals surface area contributed by atoms with Crippen LogP contribution in [0.4, 0.5) is 10.2 Å². The van der Waals surface area contributed by atoms with Crippen LogP contribution in [-0.4, -0.2) is 96.1 Å². The lowest BCUT2D eigenvalue weighted by molar-refractivity contribution is -0.142. The summed E-state index contributed by atoms with van der Waals surface area (Å²) in [6.45, 7) is 3.43. The monoisotopic (exact) mass is 586 g/mol. The van der Waals surface area contributed by atoms with E-state index in [1.807, 2.05) is 4.90 Å². The number of hydrogen-bond acceptors (Lipinski definition) is 9. The van der Waals surface area contributed by atoms with E-state index in [0.29, 0.717) is 49.6 Å². The van der Waals surface area contributed by atoms with Gasteiger partial charge in [-0.1, -0.05) is 6.07 Å². The Bertz CT molecular complexity index is 1220. The number of carbonyl (C=O) groups excluding carboxylic acids is 1. The van der Waals surface area contributed by atoms with Gasteiger partial charge in [0.15, 0.2) is 0 Å². The van der Waals surface area contributed by atoms with Gasteiger partial charge in [0, 0.05) is 38.1 Å². The number of anilines is 1. The number of hydrogen-bond donors (Lipinski definition) is 3. The molecule has 3 N–H and O–H groups in total. The third-order valence-corrected chi connectivity index (χ3v) is 8.27. The molecular weight excluding hydrogens is 543 g/mol. The molecular formula is C30H43FN6O5. The highest BCUT2D eigenvalue weighted by atomic mass is 19.1. The Morgan fingerprint density at radius 3 is 2.71 bits per heavy atom. The van der Waals surface area contributed by atoms with Gasteiger partial charge >= 0.3 is 5.97 Å². The number of pyridine rings is 1. The molecule has 42 heavy (non-hydrogen) atoms. The average molecular weight is 587 g/mol. The maximum Gasteiger partial charge on any atom is 0.326 e. The number of unbranched alkanes of at least 4 members (excludes halogenated alkanes) is 1. The van der Waals surface area contributed by atoms with Gasteiger partial charge in [0.05, 0.1) is 24.2 Å². The Morgan fingerprint density at radius 1 is 1.21 bits per heavy atom. The van der Waals surface area contributed by atoms with Gasteiger partial charge < -0.3 is 30.1 Å². The first kappa shape index (κ1) is 31.6. The van der Waals surface area contributed by atoms with Crippen molar-refractivity contribution >= 4 is 17.7 Å². The van der Waals surface area contributed by atoms with Crippen LogP contribution >= 0.6 is 0 Å². The lowest BCUT2D eigenvalue weighted by Crippen LogP contribution is -2.48. The van der Waals surface area contributed by atoms with E-state index < -0.39 is 30.2 Å². The molecule has 1 amide bonds. The van der Waals surface area contributed by atoms with Crippen LogP contribution in [0.5, 0.6) is 5.88 Å². The van der Waals surface area contributed by atoms with Crippen molar-refractivity contribution in [1.29, 1.82) is 0 Å². The van der Waals surface area contributed by atoms with Crippen molar-refractivity contribution in [3.8, 4) is 5.88 Å². The Balaban J connectivity index is 1.34. The predicted molar refractivity (Wildman–Crippen MR) is 156 cm³/mol. The van der Waals surface area contributed by atoms with Gasteiger partial charge in [-0.05, 0) is 76.5 Å². The summed E-state index contributed by atoms with van der Waals surface area (Å²) in [6, 6.07) is 3.13. The van der Waals surface area contributed by atoms with Crippen molar-refractivity contribution in [3.63, 3.8) is 0 Å². The largest absolute Gasteiger partial charge is 0.481 e. The van der Waals surface area contributed by atoms with Gasteiger partial charge in [-0.15, -0.1) is 0 Å². The van der Waals surface area contributed by atoms with E-state index in [-0.39, 0.29) is 12.3 Å². The van der Waals surface area contributed by atoms with Crippen LogP contribution in [0.1, 0.15) is 61.0 Å². The minimum absolute atomic E-state index is 0.166. The van der Waals surface area contributed by atoms with Gasteiger partial charge in [0.2, 0.25) is 11.8 Å². The number of carbonyl (C=O) groups is 2. The molecule has 2 aromatic heterocycles. The molecule has 2 atom stereocenters. The number of amides is 1. The van der Waals surface area contributed by atoms with Gasteiger partial charge in [-0.3, -0.25) is 4.79 Å². The third kappa shape index (κ3) is 7.71. The number of halogens is 1. The van der Waals surface area contributed by atoms with Gasteiger partial charge in [0.1, 0.15) is 24.9 Å². The highest BCUT2D eigenvalue weighted by Gasteiger charge is 2.55. The summed E-state index contributed by atoms with van der Waals surface area (Å²) >= 11 is 0. The zero-order valence-corrected chi connectivity index (χ0v) is 24.8. The van der Waals surface area contributed by atoms with Crippen LogP contribution in [0.15, 0.2) is 18.5 Å². The Labute approximate surface area is 246 Å². The van der Waals surface area contributed by atoms with Crippen LogP contribution in [0.25, 0.3) is 0 Å². The van der Waals surface area contributed by atoms with Crippen molar-refractivity contribution < 1.29 is 28.6 Å². The van der Waals surface area contributed by atoms with Crippen LogP contribution < -0.4 is 15.4 Å². The minimum atomic E-state index is -1.12. The summed E-state index contributed by atoms with van der Waals surface area (Å²) in [6.07, 6.45) is 6.76. The fraction of sp³-hybridized carbons (Fsp3) is 0.633. The Morgan fingerprint density at radius 2 is 2.02 bits per heavy atom. The summed E-state index contributed by atoms with van der Waals surface area (Å²) in [5.41, 5.74) is 2.62. The molecule has 0 saturated heterocycles. The van der Waals surface area contributed by atoms with E-state index in [1.165, 1.54) is 26.1 Å². The molecule has 1 fully saturated rings. The van der Waals surface area contributed by atoms with E-state index in [0.717, 1.165) is 50.2 Å². The fourth-order valence-corrected chi connectivity index (χ4v) is 5.66. The third-order valence-electron chi connectivity index (χ3n) is 8.27. The number of aryl methyl sites for hydroxylation is 3. The molecule has 1 aliphatic carbocycles. The van der Waals surface area contributed by atoms with E-state index in [4.69, 9.17) is 14.5 Å². The smallest absolute Gasteiger partial charge is 0.326 e. The van der Waals surface area contributed by atoms with Crippen LogP contribution in [0, 0.1) is 6.92 Å². The predicted octanol–water partition coefficient (Wildman–Crippen LogP) is 2.85. The Kier molecular flexibility index (Phi) is 11.0. The number of aromatic nitrogens is 3. The van der Waals surface area contributed by atoms with Gasteiger partial charge in [-0.25, -0.2) is 24.1 Å². The first-order valence-electron chi connectivity index (χ1n) is 14.7. The number of methoxy groups -OCH3 is 2. The van der Waals surface area contributed by atoms with Crippen molar-refractivity contribution in [2.75, 3.05) is 52.4 Å². The molecule has 11 nitrogen and oxygen atoms in total. The second kappa shape index (κ2) is 14.7. The second-order valence-corrected chi connectivity index (χ2v) is 11.2. The Hall–Kier alpha value is -3.38. The lowest BCUT2D eigenvalue weighted by Gasteiger charge is -2.28. The number of aliphatic carboxylic acids is 1. The zero-order chi connectivity index (χ0) is 30.1. The quantitative estimate of drug-likeness (QED) is 0.237. The fourth-order valence-electron chi connectivity index (χ4n) is 5.66. The molecule has 0 radical (unpaired) electrons. The first-order chi connectivity index (χ1) is 20.3. The number of nitrogens with one attached hydrogen (secondary N) is 2. The highest BCUT2D eigenvalue weighted by Crippen LogP contribution is 2.52. The van der Waals surface area contributed by atoms with Crippen molar-refractivity contribution in [2.45, 2.75) is 75.9 Å². The molecule has 0 bridgehead atoms. The minimum Gasteiger partial charge on any atom is -0.481 e. The molecule has 12 heteroatoms. The maximum atomic E-state index is 13.5. The molecule has 0 spiro atoms. The number of alkyl halides is 1. The molecule has 2 aliphatic rings. The number of carboxylic acids is 1. The summed E-state index contributed by atoms with van der Waals surface area (Å²) in [5.74, 6) is -0.183. The SMILES string of the molecule is COc1ncnc(C)c1C1(C(=O)NC(CCN(CCCCc2ccc3c(n2)NCCC3)CC(CF)OC)C(=O)O)CC1. The number of nitrogens with zero attached hydrogens (tertiary/aromatic N) is 4. The first-order valence-corrected chi connectivity index (χ1v) is 14.7. The average Bonchev–Trinajstić information content (AvgIpc) is 3.80. The summed E-state index contributed by atoms with van der Waals surface area (Å²) < 4.78 is 24.2. The van der Waals surface area contributed by atoms with E-state index in [9.17, 15) is 19.1 Å². The molecule has 2 unspecified atom stereocenters. The number of rotatable bonds is 17. The normalized spacial score (nSPS) is 16.7. The topological polar surface area (TPSA) is 139 Å². The summed E-state index contributed by atoms with van der Waals surface area (Å²) in [7, 11) is 2.95. The molecule has 2 aromatic rings. The number of ether oxygens (including phenoxy) is 2. The van der Waals surface area contributed by atoms with Crippen molar-refractivity contribution in [3.05, 3.63) is 41.0 Å². The van der Waals surface area contributed by atoms with Gasteiger partial charge in [0.25, 0.3) is 0 Å².